The molecule has 8 atom stereocenters. The van der Waals surface area contributed by atoms with Gasteiger partial charge >= 0.3 is 5.97 Å². The zero-order valence-corrected chi connectivity index (χ0v) is 20.9. The fraction of sp³-hybridized carbons (Fsp3) is 0.893. The normalized spacial score (nSPS) is 47.2. The summed E-state index contributed by atoms with van der Waals surface area (Å²) in [4.78, 5) is 12.3. The van der Waals surface area contributed by atoms with Gasteiger partial charge in [-0.25, -0.2) is 0 Å². The van der Waals surface area contributed by atoms with Gasteiger partial charge in [-0.15, -0.1) is 0 Å². The van der Waals surface area contributed by atoms with Crippen LogP contribution < -0.4 is 0 Å². The van der Waals surface area contributed by atoms with E-state index in [-0.39, 0.29) is 29.5 Å². The molecule has 5 rings (SSSR count). The Morgan fingerprint density at radius 3 is 2.70 bits per heavy atom. The van der Waals surface area contributed by atoms with Gasteiger partial charge in [-0.1, -0.05) is 25.5 Å². The molecule has 33 heavy (non-hydrogen) atoms. The Morgan fingerprint density at radius 1 is 1.12 bits per heavy atom. The molecule has 186 valence electrons. The van der Waals surface area contributed by atoms with E-state index >= 15 is 0 Å². The average molecular weight is 461 g/mol. The second-order valence-electron chi connectivity index (χ2n) is 12.1. The van der Waals surface area contributed by atoms with Crippen LogP contribution in [0.1, 0.15) is 97.8 Å². The molecule has 0 radical (unpaired) electrons. The highest BCUT2D eigenvalue weighted by Crippen LogP contribution is 2.67. The van der Waals surface area contributed by atoms with Gasteiger partial charge in [0.1, 0.15) is 0 Å². The molecule has 0 aromatic rings. The first-order valence-electron chi connectivity index (χ1n) is 13.6. The first-order valence-corrected chi connectivity index (χ1v) is 13.6. The minimum absolute atomic E-state index is 0.00371. The van der Waals surface area contributed by atoms with Crippen molar-refractivity contribution in [1.29, 1.82) is 0 Å². The highest BCUT2D eigenvalue weighted by molar-refractivity contribution is 5.71. The number of fused-ring (bicyclic) bond motifs is 5. The van der Waals surface area contributed by atoms with Crippen LogP contribution in [0.25, 0.3) is 0 Å². The Kier molecular flexibility index (Phi) is 6.46. The number of allylic oxidation sites excluding steroid dienone is 1. The molecule has 5 heteroatoms. The number of aliphatic hydroxyl groups is 1. The van der Waals surface area contributed by atoms with Gasteiger partial charge in [0, 0.05) is 6.61 Å². The van der Waals surface area contributed by atoms with Crippen LogP contribution in [0.15, 0.2) is 11.6 Å². The molecule has 5 nitrogen and oxygen atoms in total. The van der Waals surface area contributed by atoms with Crippen LogP contribution in [0.5, 0.6) is 0 Å². The largest absolute Gasteiger partial charge is 0.466 e. The van der Waals surface area contributed by atoms with Crippen LogP contribution >= 0.6 is 0 Å². The summed E-state index contributed by atoms with van der Waals surface area (Å²) >= 11 is 0. The first kappa shape index (κ1) is 23.8. The van der Waals surface area contributed by atoms with Crippen LogP contribution in [0, 0.1) is 28.6 Å². The summed E-state index contributed by atoms with van der Waals surface area (Å²) in [6, 6.07) is 0. The number of carbonyl (C=O) groups is 1. The molecule has 1 aliphatic heterocycles. The Hall–Kier alpha value is -0.910. The van der Waals surface area contributed by atoms with Crippen molar-refractivity contribution < 1.29 is 24.1 Å². The van der Waals surface area contributed by atoms with E-state index in [0.717, 1.165) is 64.4 Å². The van der Waals surface area contributed by atoms with Crippen molar-refractivity contribution >= 4 is 5.97 Å². The van der Waals surface area contributed by atoms with Gasteiger partial charge in [0.25, 0.3) is 0 Å². The van der Waals surface area contributed by atoms with Crippen LogP contribution in [0.4, 0.5) is 0 Å². The van der Waals surface area contributed by atoms with E-state index in [4.69, 9.17) is 14.2 Å². The number of esters is 1. The molecule has 3 saturated carbocycles. The Bertz CT molecular complexity index is 772. The lowest BCUT2D eigenvalue weighted by Crippen LogP contribution is -2.55. The molecule has 0 aromatic carbocycles. The molecular weight excluding hydrogens is 416 g/mol. The third-order valence-corrected chi connectivity index (χ3v) is 10.6. The van der Waals surface area contributed by atoms with E-state index in [9.17, 15) is 9.90 Å². The summed E-state index contributed by atoms with van der Waals surface area (Å²) in [6.07, 6.45) is 14.7. The smallest absolute Gasteiger partial charge is 0.308 e. The summed E-state index contributed by atoms with van der Waals surface area (Å²) in [7, 11) is 0. The third-order valence-electron chi connectivity index (χ3n) is 10.6. The number of hydrogen-bond acceptors (Lipinski definition) is 5. The molecule has 0 bridgehead atoms. The molecule has 1 heterocycles. The summed E-state index contributed by atoms with van der Waals surface area (Å²) in [5.74, 6) is 1.51. The fourth-order valence-corrected chi connectivity index (χ4v) is 8.63. The van der Waals surface area contributed by atoms with Crippen molar-refractivity contribution in [2.24, 2.45) is 28.6 Å². The maximum atomic E-state index is 12.3. The fourth-order valence-electron chi connectivity index (χ4n) is 8.63. The van der Waals surface area contributed by atoms with Crippen molar-refractivity contribution in [1.82, 2.24) is 0 Å². The summed E-state index contributed by atoms with van der Waals surface area (Å²) in [5.41, 5.74) is 0.741. The minimum atomic E-state index is -0.925. The third kappa shape index (κ3) is 4.00. The van der Waals surface area contributed by atoms with Crippen LogP contribution in [0.3, 0.4) is 0 Å². The highest BCUT2D eigenvalue weighted by atomic mass is 16.7. The molecule has 1 saturated heterocycles. The maximum absolute atomic E-state index is 12.3. The second kappa shape index (κ2) is 8.95. The van der Waals surface area contributed by atoms with Gasteiger partial charge in [-0.2, -0.15) is 0 Å². The van der Waals surface area contributed by atoms with E-state index in [0.29, 0.717) is 30.5 Å². The van der Waals surface area contributed by atoms with Crippen molar-refractivity contribution in [2.45, 2.75) is 116 Å². The molecule has 1 N–H and O–H groups in total. The first-order chi connectivity index (χ1) is 15.8. The Morgan fingerprint density at radius 2 is 1.94 bits per heavy atom. The lowest BCUT2D eigenvalue weighted by atomic mass is 9.47. The second-order valence-corrected chi connectivity index (χ2v) is 12.1. The number of rotatable bonds is 5. The molecule has 5 aliphatic rings. The molecule has 0 unspecified atom stereocenters. The lowest BCUT2D eigenvalue weighted by Gasteiger charge is -2.59. The molecular formula is C28H44O5. The monoisotopic (exact) mass is 460 g/mol. The van der Waals surface area contributed by atoms with Gasteiger partial charge in [0.05, 0.1) is 24.7 Å². The van der Waals surface area contributed by atoms with Crippen LogP contribution in [0.2, 0.25) is 0 Å². The van der Waals surface area contributed by atoms with Gasteiger partial charge in [0.2, 0.25) is 0 Å². The van der Waals surface area contributed by atoms with Crippen molar-refractivity contribution in [2.75, 3.05) is 13.2 Å². The predicted molar refractivity (Wildman–Crippen MR) is 126 cm³/mol. The van der Waals surface area contributed by atoms with Gasteiger partial charge in [-0.05, 0) is 106 Å². The van der Waals surface area contributed by atoms with E-state index in [1.54, 1.807) is 5.57 Å². The summed E-state index contributed by atoms with van der Waals surface area (Å²) in [5, 5.41) is 11.7. The van der Waals surface area contributed by atoms with E-state index in [1.165, 1.54) is 12.8 Å². The Balaban J connectivity index is 1.30. The van der Waals surface area contributed by atoms with Gasteiger partial charge in [-0.3, -0.25) is 4.79 Å². The van der Waals surface area contributed by atoms with E-state index < -0.39 is 5.60 Å². The molecule has 0 spiro atoms. The maximum Gasteiger partial charge on any atom is 0.308 e. The lowest BCUT2D eigenvalue weighted by molar-refractivity contribution is -0.195. The number of ether oxygens (including phenoxy) is 3. The number of carbonyl (C=O) groups excluding carboxylic acids is 1. The van der Waals surface area contributed by atoms with Crippen LogP contribution in [-0.2, 0) is 19.0 Å². The van der Waals surface area contributed by atoms with Crippen molar-refractivity contribution in [3.05, 3.63) is 11.6 Å². The number of hydrogen-bond donors (Lipinski definition) is 1. The van der Waals surface area contributed by atoms with Crippen LogP contribution in [-0.4, -0.2) is 42.3 Å². The summed E-state index contributed by atoms with van der Waals surface area (Å²) in [6.45, 7) is 7.82. The topological polar surface area (TPSA) is 65.0 Å². The van der Waals surface area contributed by atoms with Crippen molar-refractivity contribution in [3.63, 3.8) is 0 Å². The highest BCUT2D eigenvalue weighted by Gasteiger charge is 2.64. The standard InChI is InChI=1S/C28H44O5/c1-4-31-24(29)18-28(30)15-12-23-21-9-8-19-17-20(33-25-7-5-6-16-32-25)10-13-26(19,2)22(21)11-14-27(23,28)3/h8,20-23,25,30H,4-7,9-18H2,1-3H3/t20-,21-,22+,23+,25-,26+,27+,28-/m1/s1. The Labute approximate surface area is 199 Å². The zero-order chi connectivity index (χ0) is 23.3. The zero-order valence-electron chi connectivity index (χ0n) is 20.9. The van der Waals surface area contributed by atoms with E-state index in [1.807, 2.05) is 6.92 Å². The minimum Gasteiger partial charge on any atom is -0.466 e. The average Bonchev–Trinajstić information content (AvgIpc) is 3.05. The van der Waals surface area contributed by atoms with E-state index in [2.05, 4.69) is 19.9 Å². The molecule has 4 aliphatic carbocycles. The van der Waals surface area contributed by atoms with Crippen molar-refractivity contribution in [3.8, 4) is 0 Å². The quantitative estimate of drug-likeness (QED) is 0.431. The summed E-state index contributed by atoms with van der Waals surface area (Å²) < 4.78 is 17.5. The molecule has 0 aromatic heterocycles. The molecule has 0 amide bonds. The van der Waals surface area contributed by atoms with Gasteiger partial charge < -0.3 is 19.3 Å². The van der Waals surface area contributed by atoms with Gasteiger partial charge in [0.15, 0.2) is 6.29 Å². The SMILES string of the molecule is CCOC(=O)C[C@]1(O)CC[C@H]2[C@@H]3CC=C4C[C@H](O[C@@H]5CCCCO5)CC[C@]4(C)[C@H]3CC[C@@]21C. The molecule has 4 fully saturated rings. The predicted octanol–water partition coefficient (Wildman–Crippen LogP) is 5.55.